The molecule has 0 spiro atoms. The Balaban J connectivity index is 1.93. The smallest absolute Gasteiger partial charge is 0.0595 e. The average Bonchev–Trinajstić information content (AvgIpc) is 2.98. The Labute approximate surface area is 107 Å². The van der Waals surface area contributed by atoms with Crippen molar-refractivity contribution in [1.29, 1.82) is 0 Å². The Morgan fingerprint density at radius 3 is 2.69 bits per heavy atom. The lowest BCUT2D eigenvalue weighted by Crippen LogP contribution is -2.25. The van der Waals surface area contributed by atoms with Crippen LogP contribution in [0.1, 0.15) is 31.7 Å². The monoisotopic (exact) mass is 257 g/mol. The SMILES string of the molecule is CC(C)NCC1CC1c1ccc(Cl)c(Cl)c1. The van der Waals surface area contributed by atoms with Crippen LogP contribution in [-0.4, -0.2) is 12.6 Å². The van der Waals surface area contributed by atoms with Crippen LogP contribution in [0.2, 0.25) is 10.0 Å². The van der Waals surface area contributed by atoms with Crippen molar-refractivity contribution in [3.8, 4) is 0 Å². The summed E-state index contributed by atoms with van der Waals surface area (Å²) in [6.45, 7) is 5.45. The lowest BCUT2D eigenvalue weighted by Gasteiger charge is -2.07. The summed E-state index contributed by atoms with van der Waals surface area (Å²) in [4.78, 5) is 0. The number of benzene rings is 1. The molecule has 88 valence electrons. The van der Waals surface area contributed by atoms with Crippen molar-refractivity contribution >= 4 is 23.2 Å². The van der Waals surface area contributed by atoms with Crippen molar-refractivity contribution in [3.63, 3.8) is 0 Å². The molecule has 16 heavy (non-hydrogen) atoms. The fraction of sp³-hybridized carbons (Fsp3) is 0.538. The second-order valence-electron chi connectivity index (χ2n) is 4.84. The van der Waals surface area contributed by atoms with E-state index in [9.17, 15) is 0 Å². The zero-order chi connectivity index (χ0) is 11.7. The summed E-state index contributed by atoms with van der Waals surface area (Å²) in [5.74, 6) is 1.43. The van der Waals surface area contributed by atoms with Crippen molar-refractivity contribution < 1.29 is 0 Å². The van der Waals surface area contributed by atoms with Gasteiger partial charge in [-0.15, -0.1) is 0 Å². The van der Waals surface area contributed by atoms with E-state index in [0.717, 1.165) is 12.5 Å². The van der Waals surface area contributed by atoms with E-state index in [1.807, 2.05) is 12.1 Å². The Morgan fingerprint density at radius 1 is 1.31 bits per heavy atom. The van der Waals surface area contributed by atoms with E-state index in [-0.39, 0.29) is 0 Å². The van der Waals surface area contributed by atoms with E-state index in [2.05, 4.69) is 25.2 Å². The molecule has 1 fully saturated rings. The Morgan fingerprint density at radius 2 is 2.06 bits per heavy atom. The van der Waals surface area contributed by atoms with Gasteiger partial charge in [0.05, 0.1) is 10.0 Å². The van der Waals surface area contributed by atoms with Gasteiger partial charge in [0.15, 0.2) is 0 Å². The largest absolute Gasteiger partial charge is 0.314 e. The van der Waals surface area contributed by atoms with Crippen LogP contribution in [-0.2, 0) is 0 Å². The maximum atomic E-state index is 6.01. The van der Waals surface area contributed by atoms with E-state index in [1.54, 1.807) is 0 Å². The first-order valence-electron chi connectivity index (χ1n) is 5.76. The van der Waals surface area contributed by atoms with Crippen molar-refractivity contribution in [3.05, 3.63) is 33.8 Å². The van der Waals surface area contributed by atoms with Gasteiger partial charge in [-0.1, -0.05) is 43.1 Å². The van der Waals surface area contributed by atoms with Gasteiger partial charge in [0.25, 0.3) is 0 Å². The molecule has 0 aromatic heterocycles. The van der Waals surface area contributed by atoms with Crippen molar-refractivity contribution in [2.75, 3.05) is 6.54 Å². The minimum Gasteiger partial charge on any atom is -0.314 e. The van der Waals surface area contributed by atoms with E-state index < -0.39 is 0 Å². The van der Waals surface area contributed by atoms with Gasteiger partial charge in [-0.3, -0.25) is 0 Å². The lowest BCUT2D eigenvalue weighted by atomic mass is 10.1. The zero-order valence-electron chi connectivity index (χ0n) is 9.63. The molecule has 3 heteroatoms. The fourth-order valence-corrected chi connectivity index (χ4v) is 2.32. The fourth-order valence-electron chi connectivity index (χ4n) is 2.01. The summed E-state index contributed by atoms with van der Waals surface area (Å²) in [5.41, 5.74) is 1.32. The van der Waals surface area contributed by atoms with E-state index in [0.29, 0.717) is 22.0 Å². The summed E-state index contributed by atoms with van der Waals surface area (Å²) in [6.07, 6.45) is 1.26. The highest BCUT2D eigenvalue weighted by Crippen LogP contribution is 2.47. The van der Waals surface area contributed by atoms with Crippen molar-refractivity contribution in [1.82, 2.24) is 5.32 Å². The van der Waals surface area contributed by atoms with Crippen LogP contribution in [0.5, 0.6) is 0 Å². The molecular formula is C13H17Cl2N. The maximum Gasteiger partial charge on any atom is 0.0595 e. The first kappa shape index (κ1) is 12.2. The quantitative estimate of drug-likeness (QED) is 0.857. The van der Waals surface area contributed by atoms with E-state index in [4.69, 9.17) is 23.2 Å². The van der Waals surface area contributed by atoms with Crippen LogP contribution < -0.4 is 5.32 Å². The normalized spacial score (nSPS) is 23.8. The second-order valence-corrected chi connectivity index (χ2v) is 5.65. The molecule has 1 N–H and O–H groups in total. The third-order valence-electron chi connectivity index (χ3n) is 3.08. The third-order valence-corrected chi connectivity index (χ3v) is 3.82. The minimum absolute atomic E-state index is 0.565. The first-order valence-corrected chi connectivity index (χ1v) is 6.52. The topological polar surface area (TPSA) is 12.0 Å². The number of rotatable bonds is 4. The highest BCUT2D eigenvalue weighted by atomic mass is 35.5. The predicted molar refractivity (Wildman–Crippen MR) is 70.4 cm³/mol. The van der Waals surface area contributed by atoms with Crippen molar-refractivity contribution in [2.24, 2.45) is 5.92 Å². The zero-order valence-corrected chi connectivity index (χ0v) is 11.1. The molecule has 2 rings (SSSR count). The van der Waals surface area contributed by atoms with Gasteiger partial charge in [0, 0.05) is 6.04 Å². The van der Waals surface area contributed by atoms with Crippen LogP contribution in [0.4, 0.5) is 0 Å². The van der Waals surface area contributed by atoms with E-state index in [1.165, 1.54) is 12.0 Å². The van der Waals surface area contributed by atoms with Crippen LogP contribution in [0, 0.1) is 5.92 Å². The molecule has 0 saturated heterocycles. The molecule has 1 saturated carbocycles. The summed E-state index contributed by atoms with van der Waals surface area (Å²) in [6, 6.07) is 6.55. The number of nitrogens with one attached hydrogen (secondary N) is 1. The van der Waals surface area contributed by atoms with Gasteiger partial charge in [0.1, 0.15) is 0 Å². The molecule has 1 aliphatic carbocycles. The third kappa shape index (κ3) is 2.91. The first-order chi connectivity index (χ1) is 7.58. The molecule has 0 radical (unpaired) electrons. The van der Waals surface area contributed by atoms with Crippen molar-refractivity contribution in [2.45, 2.75) is 32.2 Å². The highest BCUT2D eigenvalue weighted by molar-refractivity contribution is 6.42. The molecule has 1 aliphatic rings. The number of hydrogen-bond acceptors (Lipinski definition) is 1. The molecule has 0 amide bonds. The van der Waals surface area contributed by atoms with E-state index >= 15 is 0 Å². The van der Waals surface area contributed by atoms with Gasteiger partial charge < -0.3 is 5.32 Å². The predicted octanol–water partition coefficient (Wildman–Crippen LogP) is 4.09. The maximum absolute atomic E-state index is 6.01. The van der Waals surface area contributed by atoms with Gasteiger partial charge in [-0.2, -0.15) is 0 Å². The minimum atomic E-state index is 0.565. The average molecular weight is 258 g/mol. The second kappa shape index (κ2) is 4.95. The molecule has 0 bridgehead atoms. The Bertz CT molecular complexity index is 376. The molecule has 2 atom stereocenters. The Hall–Kier alpha value is -0.240. The summed E-state index contributed by atoms with van der Waals surface area (Å²) >= 11 is 11.9. The standard InChI is InChI=1S/C13H17Cl2N/c1-8(2)16-7-10-5-11(10)9-3-4-12(14)13(15)6-9/h3-4,6,8,10-11,16H,5,7H2,1-2H3. The molecule has 2 unspecified atom stereocenters. The van der Waals surface area contributed by atoms with Gasteiger partial charge in [0.2, 0.25) is 0 Å². The summed E-state index contributed by atoms with van der Waals surface area (Å²) in [7, 11) is 0. The molecule has 1 aromatic rings. The van der Waals surface area contributed by atoms with Gasteiger partial charge >= 0.3 is 0 Å². The van der Waals surface area contributed by atoms with Crippen LogP contribution in [0.25, 0.3) is 0 Å². The summed E-state index contributed by atoms with van der Waals surface area (Å²) < 4.78 is 0. The van der Waals surface area contributed by atoms with Gasteiger partial charge in [-0.25, -0.2) is 0 Å². The van der Waals surface area contributed by atoms with Crippen LogP contribution >= 0.6 is 23.2 Å². The number of hydrogen-bond donors (Lipinski definition) is 1. The summed E-state index contributed by atoms with van der Waals surface area (Å²) in [5, 5.41) is 4.78. The Kier molecular flexibility index (Phi) is 3.78. The molecular weight excluding hydrogens is 241 g/mol. The molecule has 0 aliphatic heterocycles. The molecule has 1 aromatic carbocycles. The molecule has 0 heterocycles. The van der Waals surface area contributed by atoms with Crippen LogP contribution in [0.15, 0.2) is 18.2 Å². The molecule has 1 nitrogen and oxygen atoms in total. The number of halogens is 2. The van der Waals surface area contributed by atoms with Gasteiger partial charge in [-0.05, 0) is 42.5 Å². The highest BCUT2D eigenvalue weighted by Gasteiger charge is 2.37. The van der Waals surface area contributed by atoms with Crippen LogP contribution in [0.3, 0.4) is 0 Å². The lowest BCUT2D eigenvalue weighted by molar-refractivity contribution is 0.554.